The van der Waals surface area contributed by atoms with E-state index in [0.29, 0.717) is 5.92 Å². The van der Waals surface area contributed by atoms with Gasteiger partial charge in [-0.05, 0) is 18.1 Å². The zero-order chi connectivity index (χ0) is 14.1. The summed E-state index contributed by atoms with van der Waals surface area (Å²) in [6.07, 6.45) is 0. The summed E-state index contributed by atoms with van der Waals surface area (Å²) >= 11 is 0. The maximum absolute atomic E-state index is 11.1. The van der Waals surface area contributed by atoms with Crippen LogP contribution in [0.3, 0.4) is 0 Å². The molecule has 1 aromatic carbocycles. The van der Waals surface area contributed by atoms with Crippen LogP contribution in [0.2, 0.25) is 0 Å². The van der Waals surface area contributed by atoms with E-state index in [4.69, 9.17) is 5.11 Å². The molecule has 0 aliphatic carbocycles. The Kier molecular flexibility index (Phi) is 3.14. The molecule has 1 aliphatic rings. The van der Waals surface area contributed by atoms with Crippen molar-refractivity contribution in [1.82, 2.24) is 4.98 Å². The highest BCUT2D eigenvalue weighted by molar-refractivity contribution is 5.88. The molecule has 1 aliphatic heterocycles. The smallest absolute Gasteiger partial charge is 0.354 e. The number of aromatic carboxylic acids is 1. The average Bonchev–Trinajstić information content (AvgIpc) is 2.44. The Morgan fingerprint density at radius 3 is 2.50 bits per heavy atom. The van der Waals surface area contributed by atoms with Crippen molar-refractivity contribution in [3.63, 3.8) is 0 Å². The lowest BCUT2D eigenvalue weighted by atomic mass is 9.99. The fraction of sp³-hybridized carbons (Fsp3) is 0.250. The summed E-state index contributed by atoms with van der Waals surface area (Å²) in [4.78, 5) is 17.7. The third-order valence-electron chi connectivity index (χ3n) is 3.55. The van der Waals surface area contributed by atoms with Crippen LogP contribution in [0.1, 0.15) is 17.4 Å². The van der Waals surface area contributed by atoms with E-state index in [-0.39, 0.29) is 5.69 Å². The molecular formula is C16H16N2O2. The van der Waals surface area contributed by atoms with Gasteiger partial charge in [0.05, 0.1) is 11.4 Å². The van der Waals surface area contributed by atoms with Crippen LogP contribution < -0.4 is 4.90 Å². The van der Waals surface area contributed by atoms with Gasteiger partial charge in [-0.3, -0.25) is 0 Å². The first-order chi connectivity index (χ1) is 9.65. The monoisotopic (exact) mass is 268 g/mol. The molecule has 0 radical (unpaired) electrons. The molecule has 0 saturated carbocycles. The topological polar surface area (TPSA) is 53.4 Å². The molecule has 4 heteroatoms. The first-order valence-corrected chi connectivity index (χ1v) is 6.70. The molecule has 1 saturated heterocycles. The molecule has 1 aromatic heterocycles. The summed E-state index contributed by atoms with van der Waals surface area (Å²) in [5, 5.41) is 9.12. The van der Waals surface area contributed by atoms with Crippen molar-refractivity contribution >= 4 is 11.7 Å². The zero-order valence-corrected chi connectivity index (χ0v) is 11.3. The van der Waals surface area contributed by atoms with Crippen LogP contribution in [0.25, 0.3) is 11.3 Å². The van der Waals surface area contributed by atoms with Crippen LogP contribution in [0.15, 0.2) is 42.5 Å². The number of pyridine rings is 1. The van der Waals surface area contributed by atoms with Gasteiger partial charge in [-0.1, -0.05) is 37.3 Å². The fourth-order valence-corrected chi connectivity index (χ4v) is 2.53. The molecule has 4 nitrogen and oxygen atoms in total. The molecule has 20 heavy (non-hydrogen) atoms. The fourth-order valence-electron chi connectivity index (χ4n) is 2.53. The second-order valence-electron chi connectivity index (χ2n) is 5.25. The van der Waals surface area contributed by atoms with Gasteiger partial charge in [0.15, 0.2) is 0 Å². The molecular weight excluding hydrogens is 252 g/mol. The summed E-state index contributed by atoms with van der Waals surface area (Å²) in [5.41, 5.74) is 2.79. The van der Waals surface area contributed by atoms with Crippen LogP contribution in [0.5, 0.6) is 0 Å². The minimum Gasteiger partial charge on any atom is -0.477 e. The second-order valence-corrected chi connectivity index (χ2v) is 5.25. The number of carboxylic acids is 1. The standard InChI is InChI=1S/C16H16N2O2/c1-11-9-18(10-11)14-8-7-13(16(19)20)17-15(14)12-5-3-2-4-6-12/h2-8,11H,9-10H2,1H3,(H,19,20). The van der Waals surface area contributed by atoms with Crippen molar-refractivity contribution < 1.29 is 9.90 Å². The van der Waals surface area contributed by atoms with Crippen LogP contribution in [-0.4, -0.2) is 29.1 Å². The maximum atomic E-state index is 11.1. The minimum atomic E-state index is -0.995. The zero-order valence-electron chi connectivity index (χ0n) is 11.3. The Labute approximate surface area is 117 Å². The molecule has 2 aromatic rings. The number of carboxylic acid groups (broad SMARTS) is 1. The molecule has 1 fully saturated rings. The Morgan fingerprint density at radius 1 is 1.20 bits per heavy atom. The Balaban J connectivity index is 2.07. The van der Waals surface area contributed by atoms with Crippen molar-refractivity contribution in [3.05, 3.63) is 48.2 Å². The van der Waals surface area contributed by atoms with E-state index in [1.54, 1.807) is 6.07 Å². The number of nitrogens with zero attached hydrogens (tertiary/aromatic N) is 2. The van der Waals surface area contributed by atoms with Gasteiger partial charge < -0.3 is 10.0 Å². The van der Waals surface area contributed by atoms with Gasteiger partial charge in [-0.15, -0.1) is 0 Å². The van der Waals surface area contributed by atoms with Gasteiger partial charge in [0.2, 0.25) is 0 Å². The van der Waals surface area contributed by atoms with E-state index in [0.717, 1.165) is 30.0 Å². The minimum absolute atomic E-state index is 0.0844. The Morgan fingerprint density at radius 2 is 1.90 bits per heavy atom. The summed E-state index contributed by atoms with van der Waals surface area (Å²) in [7, 11) is 0. The highest BCUT2D eigenvalue weighted by atomic mass is 16.4. The molecule has 0 amide bonds. The number of aromatic nitrogens is 1. The lowest BCUT2D eigenvalue weighted by molar-refractivity contribution is 0.0690. The van der Waals surface area contributed by atoms with E-state index in [1.165, 1.54) is 0 Å². The quantitative estimate of drug-likeness (QED) is 0.930. The molecule has 1 N–H and O–H groups in total. The molecule has 0 atom stereocenters. The summed E-state index contributed by atoms with van der Waals surface area (Å²) in [6.45, 7) is 4.19. The number of carbonyl (C=O) groups is 1. The van der Waals surface area contributed by atoms with Crippen LogP contribution >= 0.6 is 0 Å². The van der Waals surface area contributed by atoms with Crippen molar-refractivity contribution in [2.75, 3.05) is 18.0 Å². The SMILES string of the molecule is CC1CN(c2ccc(C(=O)O)nc2-c2ccccc2)C1. The first-order valence-electron chi connectivity index (χ1n) is 6.70. The highest BCUT2D eigenvalue weighted by Crippen LogP contribution is 2.33. The largest absolute Gasteiger partial charge is 0.477 e. The summed E-state index contributed by atoms with van der Waals surface area (Å²) < 4.78 is 0. The normalized spacial score (nSPS) is 14.9. The maximum Gasteiger partial charge on any atom is 0.354 e. The third kappa shape index (κ3) is 2.25. The van der Waals surface area contributed by atoms with Gasteiger partial charge in [0.1, 0.15) is 5.69 Å². The number of benzene rings is 1. The molecule has 2 heterocycles. The Hall–Kier alpha value is -2.36. The lowest BCUT2D eigenvalue weighted by Gasteiger charge is -2.40. The van der Waals surface area contributed by atoms with E-state index in [9.17, 15) is 4.79 Å². The predicted molar refractivity (Wildman–Crippen MR) is 78.0 cm³/mol. The molecule has 102 valence electrons. The van der Waals surface area contributed by atoms with Gasteiger partial charge in [0, 0.05) is 18.7 Å². The Bertz CT molecular complexity index is 634. The highest BCUT2D eigenvalue weighted by Gasteiger charge is 2.26. The van der Waals surface area contributed by atoms with Gasteiger partial charge in [-0.25, -0.2) is 9.78 Å². The van der Waals surface area contributed by atoms with Crippen LogP contribution in [0, 0.1) is 5.92 Å². The van der Waals surface area contributed by atoms with Crippen LogP contribution in [-0.2, 0) is 0 Å². The van der Waals surface area contributed by atoms with Gasteiger partial charge >= 0.3 is 5.97 Å². The lowest BCUT2D eigenvalue weighted by Crippen LogP contribution is -2.45. The van der Waals surface area contributed by atoms with Crippen LogP contribution in [0.4, 0.5) is 5.69 Å². The van der Waals surface area contributed by atoms with E-state index < -0.39 is 5.97 Å². The predicted octanol–water partition coefficient (Wildman–Crippen LogP) is 2.90. The summed E-state index contributed by atoms with van der Waals surface area (Å²) in [6, 6.07) is 13.2. The van der Waals surface area contributed by atoms with Crippen molar-refractivity contribution in [3.8, 4) is 11.3 Å². The first kappa shape index (κ1) is 12.7. The van der Waals surface area contributed by atoms with Crippen molar-refractivity contribution in [2.24, 2.45) is 5.92 Å². The average molecular weight is 268 g/mol. The molecule has 3 rings (SSSR count). The second kappa shape index (κ2) is 4.96. The van der Waals surface area contributed by atoms with E-state index in [1.807, 2.05) is 36.4 Å². The third-order valence-corrected chi connectivity index (χ3v) is 3.55. The van der Waals surface area contributed by atoms with E-state index >= 15 is 0 Å². The molecule has 0 bridgehead atoms. The molecule has 0 spiro atoms. The van der Waals surface area contributed by atoms with E-state index in [2.05, 4.69) is 16.8 Å². The number of hydrogen-bond donors (Lipinski definition) is 1. The number of hydrogen-bond acceptors (Lipinski definition) is 3. The van der Waals surface area contributed by atoms with Crippen molar-refractivity contribution in [1.29, 1.82) is 0 Å². The summed E-state index contributed by atoms with van der Waals surface area (Å²) in [5.74, 6) is -0.316. The van der Waals surface area contributed by atoms with Gasteiger partial charge in [-0.2, -0.15) is 0 Å². The van der Waals surface area contributed by atoms with Gasteiger partial charge in [0.25, 0.3) is 0 Å². The van der Waals surface area contributed by atoms with Crippen molar-refractivity contribution in [2.45, 2.75) is 6.92 Å². The molecule has 0 unspecified atom stereocenters. The number of anilines is 1. The number of rotatable bonds is 3.